The molecule has 4 heteroatoms. The van der Waals surface area contributed by atoms with Crippen molar-refractivity contribution >= 4 is 11.6 Å². The number of carbonyl (C=O) groups is 1. The molecular formula is C25H24N2O2. The fourth-order valence-electron chi connectivity index (χ4n) is 3.32. The van der Waals surface area contributed by atoms with Gasteiger partial charge < -0.3 is 10.1 Å². The van der Waals surface area contributed by atoms with Crippen molar-refractivity contribution in [2.45, 2.75) is 33.8 Å². The molecule has 146 valence electrons. The van der Waals surface area contributed by atoms with Gasteiger partial charge in [-0.1, -0.05) is 42.0 Å². The highest BCUT2D eigenvalue weighted by molar-refractivity contribution is 5.95. The van der Waals surface area contributed by atoms with E-state index in [2.05, 4.69) is 23.5 Å². The van der Waals surface area contributed by atoms with E-state index in [4.69, 9.17) is 10.00 Å². The molecule has 0 aliphatic rings. The number of amides is 1. The fraction of sp³-hybridized carbons (Fsp3) is 0.200. The number of hydrogen-bond donors (Lipinski definition) is 1. The molecule has 3 aromatic carbocycles. The normalized spacial score (nSPS) is 11.4. The van der Waals surface area contributed by atoms with E-state index < -0.39 is 6.10 Å². The van der Waals surface area contributed by atoms with Crippen molar-refractivity contribution in [1.82, 2.24) is 0 Å². The van der Waals surface area contributed by atoms with Crippen LogP contribution in [0.25, 0.3) is 11.1 Å². The largest absolute Gasteiger partial charge is 0.481 e. The molecule has 29 heavy (non-hydrogen) atoms. The minimum absolute atomic E-state index is 0.184. The Balaban J connectivity index is 1.66. The third kappa shape index (κ3) is 4.83. The Morgan fingerprint density at radius 3 is 1.97 bits per heavy atom. The van der Waals surface area contributed by atoms with Crippen LogP contribution in [-0.2, 0) is 4.79 Å². The van der Waals surface area contributed by atoms with Crippen LogP contribution < -0.4 is 10.1 Å². The molecule has 0 aliphatic carbocycles. The number of anilines is 1. The molecule has 1 atom stereocenters. The number of nitriles is 1. The Bertz CT molecular complexity index is 1040. The molecule has 0 heterocycles. The minimum atomic E-state index is -0.629. The van der Waals surface area contributed by atoms with Gasteiger partial charge >= 0.3 is 0 Å². The first-order valence-electron chi connectivity index (χ1n) is 9.53. The lowest BCUT2D eigenvalue weighted by atomic mass is 10.0. The van der Waals surface area contributed by atoms with Crippen molar-refractivity contribution in [1.29, 1.82) is 5.26 Å². The van der Waals surface area contributed by atoms with Gasteiger partial charge in [-0.05, 0) is 74.2 Å². The predicted octanol–water partition coefficient (Wildman–Crippen LogP) is 5.56. The average Bonchev–Trinajstić information content (AvgIpc) is 2.71. The van der Waals surface area contributed by atoms with Crippen molar-refractivity contribution in [2.75, 3.05) is 5.32 Å². The van der Waals surface area contributed by atoms with Crippen molar-refractivity contribution in [3.05, 3.63) is 82.9 Å². The summed E-state index contributed by atoms with van der Waals surface area (Å²) >= 11 is 0. The molecule has 0 fully saturated rings. The zero-order chi connectivity index (χ0) is 21.0. The van der Waals surface area contributed by atoms with E-state index in [1.165, 1.54) is 5.56 Å². The SMILES string of the molecule is Cc1cc(C)c(NC(=O)[C@H](C)Oc2ccc(-c3ccc(C#N)cc3)cc2)c(C)c1. The van der Waals surface area contributed by atoms with Gasteiger partial charge in [0.1, 0.15) is 5.75 Å². The molecular weight excluding hydrogens is 360 g/mol. The molecule has 0 unspecified atom stereocenters. The van der Waals surface area contributed by atoms with Gasteiger partial charge in [0, 0.05) is 5.69 Å². The molecule has 0 saturated carbocycles. The van der Waals surface area contributed by atoms with E-state index in [0.29, 0.717) is 11.3 Å². The van der Waals surface area contributed by atoms with Gasteiger partial charge in [-0.15, -0.1) is 0 Å². The predicted molar refractivity (Wildman–Crippen MR) is 116 cm³/mol. The molecule has 0 spiro atoms. The molecule has 1 N–H and O–H groups in total. The third-order valence-corrected chi connectivity index (χ3v) is 4.81. The van der Waals surface area contributed by atoms with E-state index in [1.54, 1.807) is 19.1 Å². The van der Waals surface area contributed by atoms with Crippen LogP contribution in [0.1, 0.15) is 29.2 Å². The number of benzene rings is 3. The van der Waals surface area contributed by atoms with Gasteiger partial charge in [0.15, 0.2) is 6.10 Å². The Morgan fingerprint density at radius 2 is 1.45 bits per heavy atom. The maximum atomic E-state index is 12.6. The Morgan fingerprint density at radius 1 is 0.931 bits per heavy atom. The molecule has 0 saturated heterocycles. The van der Waals surface area contributed by atoms with Crippen LogP contribution in [0.15, 0.2) is 60.7 Å². The Labute approximate surface area is 171 Å². The van der Waals surface area contributed by atoms with Crippen LogP contribution in [0.5, 0.6) is 5.75 Å². The smallest absolute Gasteiger partial charge is 0.265 e. The van der Waals surface area contributed by atoms with Gasteiger partial charge in [0.2, 0.25) is 0 Å². The highest BCUT2D eigenvalue weighted by Gasteiger charge is 2.17. The summed E-state index contributed by atoms with van der Waals surface area (Å²) in [6, 6.07) is 21.2. The standard InChI is InChI=1S/C25H24N2O2/c1-16-13-17(2)24(18(3)14-16)27-25(28)19(4)29-23-11-9-22(10-12-23)21-7-5-20(15-26)6-8-21/h5-14,19H,1-4H3,(H,27,28)/t19-/m0/s1. The number of rotatable bonds is 5. The monoisotopic (exact) mass is 384 g/mol. The van der Waals surface area contributed by atoms with Crippen molar-refractivity contribution < 1.29 is 9.53 Å². The van der Waals surface area contributed by atoms with E-state index in [1.807, 2.05) is 57.2 Å². The van der Waals surface area contributed by atoms with Gasteiger partial charge in [0.05, 0.1) is 11.6 Å². The first-order chi connectivity index (χ1) is 13.9. The van der Waals surface area contributed by atoms with Crippen LogP contribution in [-0.4, -0.2) is 12.0 Å². The summed E-state index contributed by atoms with van der Waals surface area (Å²) in [6.07, 6.45) is -0.629. The Hall–Kier alpha value is -3.58. The molecule has 0 bridgehead atoms. The highest BCUT2D eigenvalue weighted by Crippen LogP contribution is 2.25. The maximum absolute atomic E-state index is 12.6. The molecule has 1 amide bonds. The van der Waals surface area contributed by atoms with Crippen molar-refractivity contribution in [2.24, 2.45) is 0 Å². The molecule has 0 aromatic heterocycles. The van der Waals surface area contributed by atoms with Crippen LogP contribution in [0, 0.1) is 32.1 Å². The number of carbonyl (C=O) groups excluding carboxylic acids is 1. The summed E-state index contributed by atoms with van der Waals surface area (Å²) in [5.74, 6) is 0.443. The lowest BCUT2D eigenvalue weighted by Gasteiger charge is -2.18. The Kier molecular flexibility index (Phi) is 5.99. The zero-order valence-corrected chi connectivity index (χ0v) is 17.1. The maximum Gasteiger partial charge on any atom is 0.265 e. The topological polar surface area (TPSA) is 62.1 Å². The molecule has 4 nitrogen and oxygen atoms in total. The van der Waals surface area contributed by atoms with E-state index in [-0.39, 0.29) is 5.91 Å². The summed E-state index contributed by atoms with van der Waals surface area (Å²) in [6.45, 7) is 7.76. The zero-order valence-electron chi connectivity index (χ0n) is 17.1. The lowest BCUT2D eigenvalue weighted by Crippen LogP contribution is -2.30. The molecule has 0 aliphatic heterocycles. The summed E-state index contributed by atoms with van der Waals surface area (Å²) in [5, 5.41) is 11.9. The van der Waals surface area contributed by atoms with Crippen molar-refractivity contribution in [3.8, 4) is 22.9 Å². The molecule has 3 rings (SSSR count). The minimum Gasteiger partial charge on any atom is -0.481 e. The summed E-state index contributed by atoms with van der Waals surface area (Å²) in [5.41, 5.74) is 6.76. The second-order valence-corrected chi connectivity index (χ2v) is 7.24. The van der Waals surface area contributed by atoms with Crippen LogP contribution in [0.3, 0.4) is 0 Å². The number of aryl methyl sites for hydroxylation is 3. The molecule has 3 aromatic rings. The number of hydrogen-bond acceptors (Lipinski definition) is 3. The highest BCUT2D eigenvalue weighted by atomic mass is 16.5. The summed E-state index contributed by atoms with van der Waals surface area (Å²) in [7, 11) is 0. The second-order valence-electron chi connectivity index (χ2n) is 7.24. The van der Waals surface area contributed by atoms with Crippen LogP contribution >= 0.6 is 0 Å². The third-order valence-electron chi connectivity index (χ3n) is 4.81. The van der Waals surface area contributed by atoms with E-state index >= 15 is 0 Å². The van der Waals surface area contributed by atoms with Gasteiger partial charge in [0.25, 0.3) is 5.91 Å². The van der Waals surface area contributed by atoms with E-state index in [9.17, 15) is 4.79 Å². The molecule has 0 radical (unpaired) electrons. The summed E-state index contributed by atoms with van der Waals surface area (Å²) < 4.78 is 5.82. The number of nitrogens with zero attached hydrogens (tertiary/aromatic N) is 1. The van der Waals surface area contributed by atoms with E-state index in [0.717, 1.165) is 27.9 Å². The summed E-state index contributed by atoms with van der Waals surface area (Å²) in [4.78, 5) is 12.6. The van der Waals surface area contributed by atoms with Gasteiger partial charge in [-0.2, -0.15) is 5.26 Å². The van der Waals surface area contributed by atoms with Crippen LogP contribution in [0.4, 0.5) is 5.69 Å². The number of nitrogens with one attached hydrogen (secondary N) is 1. The van der Waals surface area contributed by atoms with Crippen LogP contribution in [0.2, 0.25) is 0 Å². The van der Waals surface area contributed by atoms with Gasteiger partial charge in [-0.25, -0.2) is 0 Å². The fourth-order valence-corrected chi connectivity index (χ4v) is 3.32. The van der Waals surface area contributed by atoms with Gasteiger partial charge in [-0.3, -0.25) is 4.79 Å². The van der Waals surface area contributed by atoms with Crippen molar-refractivity contribution in [3.63, 3.8) is 0 Å². The average molecular weight is 384 g/mol. The second kappa shape index (κ2) is 8.62. The number of ether oxygens (including phenoxy) is 1. The lowest BCUT2D eigenvalue weighted by molar-refractivity contribution is -0.122. The quantitative estimate of drug-likeness (QED) is 0.627. The first-order valence-corrected chi connectivity index (χ1v) is 9.53. The first kappa shape index (κ1) is 20.2.